The second kappa shape index (κ2) is 9.38. The summed E-state index contributed by atoms with van der Waals surface area (Å²) in [5, 5.41) is 15.0. The smallest absolute Gasteiger partial charge is 0.407 e. The minimum absolute atomic E-state index is 0.0503. The highest BCUT2D eigenvalue weighted by Gasteiger charge is 2.35. The Labute approximate surface area is 195 Å². The van der Waals surface area contributed by atoms with E-state index in [-0.39, 0.29) is 41.1 Å². The molecule has 0 saturated carbocycles. The SMILES string of the molecule is CNC(=O)[C@@H](NC(=O)c1nc(-c2ccc(Cl)cc2F)n2c1CN(C(=O)O)CCC2)C(C)(C)C. The lowest BCUT2D eigenvalue weighted by atomic mass is 9.86. The number of amides is 3. The van der Waals surface area contributed by atoms with Crippen molar-refractivity contribution in [3.63, 3.8) is 0 Å². The van der Waals surface area contributed by atoms with Crippen LogP contribution in [0.4, 0.5) is 9.18 Å². The zero-order valence-corrected chi connectivity index (χ0v) is 19.7. The van der Waals surface area contributed by atoms with Crippen LogP contribution in [0.2, 0.25) is 5.02 Å². The summed E-state index contributed by atoms with van der Waals surface area (Å²) in [6.07, 6.45) is -0.671. The van der Waals surface area contributed by atoms with E-state index in [9.17, 15) is 23.9 Å². The Hall–Kier alpha value is -3.14. The first-order chi connectivity index (χ1) is 15.4. The molecule has 0 fully saturated rings. The summed E-state index contributed by atoms with van der Waals surface area (Å²) in [5.74, 6) is -1.43. The highest BCUT2D eigenvalue weighted by molar-refractivity contribution is 6.30. The maximum atomic E-state index is 14.7. The number of carbonyl (C=O) groups is 3. The molecule has 3 amide bonds. The number of hydrogen-bond acceptors (Lipinski definition) is 4. The topological polar surface area (TPSA) is 117 Å². The van der Waals surface area contributed by atoms with Crippen LogP contribution in [0.25, 0.3) is 11.4 Å². The van der Waals surface area contributed by atoms with E-state index in [1.54, 1.807) is 4.57 Å². The van der Waals surface area contributed by atoms with Gasteiger partial charge in [-0.2, -0.15) is 0 Å². The number of carbonyl (C=O) groups excluding carboxylic acids is 2. The number of nitrogens with zero attached hydrogens (tertiary/aromatic N) is 3. The molecule has 1 aromatic heterocycles. The number of likely N-dealkylation sites (N-methyl/N-ethyl adjacent to an activating group) is 1. The molecule has 11 heteroatoms. The Morgan fingerprint density at radius 3 is 2.52 bits per heavy atom. The molecule has 0 unspecified atom stereocenters. The number of hydrogen-bond donors (Lipinski definition) is 3. The summed E-state index contributed by atoms with van der Waals surface area (Å²) in [4.78, 5) is 43.0. The van der Waals surface area contributed by atoms with Crippen LogP contribution in [0.1, 0.15) is 43.4 Å². The summed E-state index contributed by atoms with van der Waals surface area (Å²) in [6, 6.07) is 3.27. The van der Waals surface area contributed by atoms with E-state index in [0.29, 0.717) is 18.7 Å². The lowest BCUT2D eigenvalue weighted by Gasteiger charge is -2.29. The van der Waals surface area contributed by atoms with Crippen molar-refractivity contribution in [3.8, 4) is 11.4 Å². The Morgan fingerprint density at radius 1 is 1.24 bits per heavy atom. The van der Waals surface area contributed by atoms with Gasteiger partial charge in [0.25, 0.3) is 5.91 Å². The zero-order chi connectivity index (χ0) is 24.5. The molecule has 9 nitrogen and oxygen atoms in total. The van der Waals surface area contributed by atoms with Crippen molar-refractivity contribution < 1.29 is 23.9 Å². The third kappa shape index (κ3) is 5.11. The van der Waals surface area contributed by atoms with Gasteiger partial charge in [0.05, 0.1) is 17.8 Å². The summed E-state index contributed by atoms with van der Waals surface area (Å²) >= 11 is 5.89. The average molecular weight is 480 g/mol. The molecule has 3 rings (SSSR count). The molecule has 0 radical (unpaired) electrons. The molecule has 0 bridgehead atoms. The van der Waals surface area contributed by atoms with Crippen LogP contribution in [0.3, 0.4) is 0 Å². The molecule has 3 N–H and O–H groups in total. The fourth-order valence-corrected chi connectivity index (χ4v) is 3.97. The number of fused-ring (bicyclic) bond motifs is 1. The molecule has 1 aliphatic heterocycles. The van der Waals surface area contributed by atoms with Gasteiger partial charge in [0, 0.05) is 25.2 Å². The third-order valence-corrected chi connectivity index (χ3v) is 5.77. The maximum Gasteiger partial charge on any atom is 0.407 e. The number of nitrogens with one attached hydrogen (secondary N) is 2. The number of halogens is 2. The Morgan fingerprint density at radius 2 is 1.94 bits per heavy atom. The van der Waals surface area contributed by atoms with Crippen molar-refractivity contribution in [1.29, 1.82) is 0 Å². The van der Waals surface area contributed by atoms with Crippen LogP contribution in [0, 0.1) is 11.2 Å². The van der Waals surface area contributed by atoms with Crippen LogP contribution in [0.5, 0.6) is 0 Å². The second-order valence-corrected chi connectivity index (χ2v) is 9.39. The van der Waals surface area contributed by atoms with Crippen molar-refractivity contribution in [1.82, 2.24) is 25.1 Å². The highest BCUT2D eigenvalue weighted by Crippen LogP contribution is 2.30. The fourth-order valence-electron chi connectivity index (χ4n) is 3.81. The van der Waals surface area contributed by atoms with Crippen molar-refractivity contribution in [2.45, 2.75) is 46.3 Å². The molecular weight excluding hydrogens is 453 g/mol. The van der Waals surface area contributed by atoms with E-state index in [0.717, 1.165) is 6.07 Å². The van der Waals surface area contributed by atoms with Gasteiger partial charge in [0.15, 0.2) is 5.69 Å². The number of carboxylic acid groups (broad SMARTS) is 1. The highest BCUT2D eigenvalue weighted by atomic mass is 35.5. The molecule has 178 valence electrons. The van der Waals surface area contributed by atoms with Gasteiger partial charge in [-0.25, -0.2) is 14.2 Å². The molecule has 0 saturated heterocycles. The summed E-state index contributed by atoms with van der Waals surface area (Å²) < 4.78 is 16.4. The van der Waals surface area contributed by atoms with Gasteiger partial charge in [-0.05, 0) is 30.0 Å². The van der Waals surface area contributed by atoms with Crippen LogP contribution in [0.15, 0.2) is 18.2 Å². The quantitative estimate of drug-likeness (QED) is 0.623. The van der Waals surface area contributed by atoms with Gasteiger partial charge in [-0.3, -0.25) is 9.59 Å². The molecule has 2 heterocycles. The minimum atomic E-state index is -1.13. The van der Waals surface area contributed by atoms with Crippen LogP contribution in [-0.4, -0.2) is 57.1 Å². The monoisotopic (exact) mass is 479 g/mol. The van der Waals surface area contributed by atoms with E-state index < -0.39 is 29.3 Å². The Balaban J connectivity index is 2.12. The molecule has 33 heavy (non-hydrogen) atoms. The maximum absolute atomic E-state index is 14.7. The molecule has 1 aliphatic rings. The van der Waals surface area contributed by atoms with E-state index in [4.69, 9.17) is 11.6 Å². The third-order valence-electron chi connectivity index (χ3n) is 5.53. The second-order valence-electron chi connectivity index (χ2n) is 8.95. The summed E-state index contributed by atoms with van der Waals surface area (Å²) in [7, 11) is 1.47. The van der Waals surface area contributed by atoms with Crippen molar-refractivity contribution >= 4 is 29.5 Å². The van der Waals surface area contributed by atoms with Gasteiger partial charge in [-0.1, -0.05) is 32.4 Å². The van der Waals surface area contributed by atoms with Gasteiger partial charge in [0.1, 0.15) is 17.7 Å². The van der Waals surface area contributed by atoms with Gasteiger partial charge in [0.2, 0.25) is 5.91 Å². The Kier molecular flexibility index (Phi) is 6.97. The molecule has 0 spiro atoms. The number of aromatic nitrogens is 2. The van der Waals surface area contributed by atoms with E-state index in [1.165, 1.54) is 24.1 Å². The normalized spacial score (nSPS) is 14.8. The first kappa shape index (κ1) is 24.5. The van der Waals surface area contributed by atoms with Crippen LogP contribution < -0.4 is 10.6 Å². The number of rotatable bonds is 4. The molecular formula is C22H27ClFN5O4. The predicted octanol–water partition coefficient (Wildman–Crippen LogP) is 3.12. The molecule has 0 aliphatic carbocycles. The molecule has 2 aromatic rings. The summed E-state index contributed by atoms with van der Waals surface area (Å²) in [5.41, 5.74) is -0.181. The Bertz CT molecular complexity index is 1100. The van der Waals surface area contributed by atoms with Gasteiger partial charge < -0.3 is 25.2 Å². The number of imidazole rings is 1. The molecule has 1 aromatic carbocycles. The van der Waals surface area contributed by atoms with Crippen molar-refractivity contribution in [2.75, 3.05) is 13.6 Å². The first-order valence-electron chi connectivity index (χ1n) is 10.5. The van der Waals surface area contributed by atoms with Crippen LogP contribution >= 0.6 is 11.6 Å². The fraction of sp³-hybridized carbons (Fsp3) is 0.455. The first-order valence-corrected chi connectivity index (χ1v) is 10.9. The minimum Gasteiger partial charge on any atom is -0.465 e. The standard InChI is InChI=1S/C22H27ClFN5O4/c1-22(2,3)17(20(31)25-4)27-19(30)16-15-11-28(21(32)33)8-5-9-29(15)18(26-16)13-7-6-12(23)10-14(13)24/h6-7,10,17H,5,8-9,11H2,1-4H3,(H,25,31)(H,27,30)(H,32,33)/t17-/m1/s1. The van der Waals surface area contributed by atoms with E-state index in [1.807, 2.05) is 20.8 Å². The van der Waals surface area contributed by atoms with Gasteiger partial charge >= 0.3 is 6.09 Å². The van der Waals surface area contributed by atoms with Crippen LogP contribution in [-0.2, 0) is 17.9 Å². The molecule has 1 atom stereocenters. The zero-order valence-electron chi connectivity index (χ0n) is 18.9. The predicted molar refractivity (Wildman–Crippen MR) is 120 cm³/mol. The summed E-state index contributed by atoms with van der Waals surface area (Å²) in [6.45, 7) is 5.92. The largest absolute Gasteiger partial charge is 0.465 e. The average Bonchev–Trinajstić information content (AvgIpc) is 2.92. The van der Waals surface area contributed by atoms with E-state index in [2.05, 4.69) is 15.6 Å². The lowest BCUT2D eigenvalue weighted by molar-refractivity contribution is -0.124. The number of benzene rings is 1. The van der Waals surface area contributed by atoms with E-state index >= 15 is 0 Å². The van der Waals surface area contributed by atoms with Crippen molar-refractivity contribution in [2.24, 2.45) is 5.41 Å². The van der Waals surface area contributed by atoms with Gasteiger partial charge in [-0.15, -0.1) is 0 Å². The van der Waals surface area contributed by atoms with Crippen molar-refractivity contribution in [3.05, 3.63) is 40.4 Å². The lowest BCUT2D eigenvalue weighted by Crippen LogP contribution is -2.53.